The molecule has 1 aliphatic heterocycles. The molecule has 2 bridgehead atoms. The van der Waals surface area contributed by atoms with Crippen LogP contribution in [-0.2, 0) is 9.59 Å². The predicted octanol–water partition coefficient (Wildman–Crippen LogP) is 3.38. The number of methoxy groups -OCH3 is 1. The van der Waals surface area contributed by atoms with Crippen LogP contribution in [0.1, 0.15) is 18.4 Å². The van der Waals surface area contributed by atoms with Gasteiger partial charge in [-0.3, -0.25) is 9.59 Å². The summed E-state index contributed by atoms with van der Waals surface area (Å²) in [5, 5.41) is 7.50. The van der Waals surface area contributed by atoms with Crippen LogP contribution in [0.3, 0.4) is 0 Å². The zero-order chi connectivity index (χ0) is 19.0. The fourth-order valence-corrected chi connectivity index (χ4v) is 5.88. The van der Waals surface area contributed by atoms with E-state index in [2.05, 4.69) is 17.3 Å². The topological polar surface area (TPSA) is 59.0 Å². The quantitative estimate of drug-likeness (QED) is 0.471. The summed E-state index contributed by atoms with van der Waals surface area (Å²) >= 11 is 0. The number of fused-ring (bicyclic) bond motifs is 4. The van der Waals surface area contributed by atoms with Crippen molar-refractivity contribution in [3.63, 3.8) is 0 Å². The molecule has 0 N–H and O–H groups in total. The first kappa shape index (κ1) is 16.0. The second-order valence-electron chi connectivity index (χ2n) is 8.36. The van der Waals surface area contributed by atoms with E-state index in [1.807, 2.05) is 36.4 Å². The largest absolute Gasteiger partial charge is 0.496 e. The lowest BCUT2D eigenvalue weighted by Crippen LogP contribution is -2.30. The Labute approximate surface area is 162 Å². The molecule has 3 aliphatic carbocycles. The van der Waals surface area contributed by atoms with Crippen LogP contribution in [0.5, 0.6) is 5.75 Å². The van der Waals surface area contributed by atoms with Gasteiger partial charge in [0.25, 0.3) is 11.8 Å². The molecule has 3 fully saturated rings. The Balaban J connectivity index is 1.37. The average molecular weight is 372 g/mol. The first-order valence-corrected chi connectivity index (χ1v) is 9.81. The van der Waals surface area contributed by atoms with Crippen molar-refractivity contribution in [2.75, 3.05) is 7.11 Å². The molecule has 0 aromatic heterocycles. The van der Waals surface area contributed by atoms with Gasteiger partial charge in [-0.2, -0.15) is 10.1 Å². The molecular weight excluding hydrogens is 352 g/mol. The Morgan fingerprint density at radius 2 is 1.71 bits per heavy atom. The number of amides is 2. The number of imide groups is 1. The Kier molecular flexibility index (Phi) is 3.04. The Morgan fingerprint density at radius 1 is 1.04 bits per heavy atom. The maximum Gasteiger partial charge on any atom is 0.254 e. The van der Waals surface area contributed by atoms with Gasteiger partial charge < -0.3 is 4.74 Å². The highest BCUT2D eigenvalue weighted by atomic mass is 16.5. The molecule has 4 aliphatic rings. The van der Waals surface area contributed by atoms with E-state index in [0.717, 1.165) is 34.2 Å². The zero-order valence-electron chi connectivity index (χ0n) is 15.5. The molecule has 5 nitrogen and oxygen atoms in total. The van der Waals surface area contributed by atoms with Crippen LogP contribution >= 0.6 is 0 Å². The van der Waals surface area contributed by atoms with Crippen LogP contribution in [0.4, 0.5) is 0 Å². The van der Waals surface area contributed by atoms with E-state index < -0.39 is 0 Å². The van der Waals surface area contributed by atoms with Crippen LogP contribution in [0.15, 0.2) is 53.7 Å². The number of allylic oxidation sites excluding steroid dienone is 2. The first-order valence-electron chi connectivity index (χ1n) is 9.81. The lowest BCUT2D eigenvalue weighted by molar-refractivity contribution is -0.141. The predicted molar refractivity (Wildman–Crippen MR) is 105 cm³/mol. The van der Waals surface area contributed by atoms with Crippen molar-refractivity contribution in [1.82, 2.24) is 5.01 Å². The van der Waals surface area contributed by atoms with Crippen molar-refractivity contribution in [3.8, 4) is 5.75 Å². The highest BCUT2D eigenvalue weighted by Gasteiger charge is 2.73. The van der Waals surface area contributed by atoms with Crippen LogP contribution in [0.2, 0.25) is 0 Å². The van der Waals surface area contributed by atoms with E-state index in [9.17, 15) is 9.59 Å². The van der Waals surface area contributed by atoms with Gasteiger partial charge in [-0.05, 0) is 46.9 Å². The van der Waals surface area contributed by atoms with Crippen LogP contribution in [-0.4, -0.2) is 30.1 Å². The van der Waals surface area contributed by atoms with E-state index in [-0.39, 0.29) is 40.9 Å². The molecule has 2 aromatic carbocycles. The molecule has 1 heterocycles. The molecule has 2 saturated carbocycles. The number of hydrogen-bond donors (Lipinski definition) is 0. The Hall–Kier alpha value is -2.95. The fraction of sp³-hybridized carbons (Fsp3) is 0.348. The summed E-state index contributed by atoms with van der Waals surface area (Å²) in [5.74, 6) is 0.355. The minimum Gasteiger partial charge on any atom is -0.496 e. The molecule has 0 radical (unpaired) electrons. The van der Waals surface area contributed by atoms with E-state index in [0.29, 0.717) is 5.75 Å². The monoisotopic (exact) mass is 372 g/mol. The van der Waals surface area contributed by atoms with Crippen molar-refractivity contribution in [2.24, 2.45) is 34.2 Å². The summed E-state index contributed by atoms with van der Waals surface area (Å²) in [7, 11) is 1.61. The van der Waals surface area contributed by atoms with E-state index in [4.69, 9.17) is 4.74 Å². The highest BCUT2D eigenvalue weighted by molar-refractivity contribution is 6.08. The molecule has 2 amide bonds. The number of carbonyl (C=O) groups excluding carboxylic acids is 2. The summed E-state index contributed by atoms with van der Waals surface area (Å²) in [6.07, 6.45) is 8.22. The minimum absolute atomic E-state index is 0.145. The minimum atomic E-state index is -0.225. The average Bonchev–Trinajstić information content (AvgIpc) is 3.32. The zero-order valence-corrected chi connectivity index (χ0v) is 15.5. The summed E-state index contributed by atoms with van der Waals surface area (Å²) in [6.45, 7) is 0. The van der Waals surface area contributed by atoms with Gasteiger partial charge in [-0.1, -0.05) is 42.5 Å². The molecule has 5 heteroatoms. The SMILES string of the molecule is COc1ccc2ccccc2c1/C=N\N1C(=O)[C@@H]2[C@@H](C1=O)[C@@H]1C=C[C@H]2C12CC2. The summed E-state index contributed by atoms with van der Waals surface area (Å²) in [5.41, 5.74) is 0.980. The molecule has 0 unspecified atom stereocenters. The number of carbonyl (C=O) groups is 2. The lowest BCUT2D eigenvalue weighted by Gasteiger charge is -2.18. The summed E-state index contributed by atoms with van der Waals surface area (Å²) in [4.78, 5) is 26.1. The number of rotatable bonds is 3. The Morgan fingerprint density at radius 3 is 2.36 bits per heavy atom. The Bertz CT molecular complexity index is 1060. The number of hydrogen-bond acceptors (Lipinski definition) is 4. The number of nitrogens with zero attached hydrogens (tertiary/aromatic N) is 2. The van der Waals surface area contributed by atoms with E-state index >= 15 is 0 Å². The molecule has 1 spiro atoms. The third kappa shape index (κ3) is 1.84. The fourth-order valence-electron chi connectivity index (χ4n) is 5.88. The maximum absolute atomic E-state index is 13.1. The van der Waals surface area contributed by atoms with Gasteiger partial charge in [-0.25, -0.2) is 0 Å². The van der Waals surface area contributed by atoms with Crippen LogP contribution < -0.4 is 4.74 Å². The molecular formula is C23H20N2O3. The summed E-state index contributed by atoms with van der Waals surface area (Å²) in [6, 6.07) is 11.8. The summed E-state index contributed by atoms with van der Waals surface area (Å²) < 4.78 is 5.49. The normalized spacial score (nSPS) is 31.5. The van der Waals surface area contributed by atoms with Crippen LogP contribution in [0.25, 0.3) is 10.8 Å². The molecule has 140 valence electrons. The van der Waals surface area contributed by atoms with Crippen molar-refractivity contribution in [2.45, 2.75) is 12.8 Å². The van der Waals surface area contributed by atoms with Crippen LogP contribution in [0, 0.1) is 29.1 Å². The maximum atomic E-state index is 13.1. The molecule has 2 aromatic rings. The first-order chi connectivity index (χ1) is 13.7. The molecule has 4 atom stereocenters. The molecule has 1 saturated heterocycles. The van der Waals surface area contributed by atoms with Crippen molar-refractivity contribution >= 4 is 28.8 Å². The van der Waals surface area contributed by atoms with E-state index in [1.165, 1.54) is 0 Å². The third-order valence-electron chi connectivity index (χ3n) is 7.28. The standard InChI is InChI=1S/C23H20N2O3/c1-28-18-9-6-13-4-2-3-5-14(13)15(18)12-24-25-21(26)19-16-7-8-17(20(19)22(25)27)23(16)10-11-23/h2-9,12,16-17,19-20H,10-11H2,1H3/b24-12-/t16-,17+,19-,20-/m0/s1. The third-order valence-corrected chi connectivity index (χ3v) is 7.28. The van der Waals surface area contributed by atoms with Crippen molar-refractivity contribution in [1.29, 1.82) is 0 Å². The van der Waals surface area contributed by atoms with Crippen molar-refractivity contribution < 1.29 is 14.3 Å². The van der Waals surface area contributed by atoms with E-state index in [1.54, 1.807) is 13.3 Å². The van der Waals surface area contributed by atoms with Gasteiger partial charge in [0.05, 0.1) is 25.2 Å². The molecule has 28 heavy (non-hydrogen) atoms. The lowest BCUT2D eigenvalue weighted by atomic mass is 9.85. The van der Waals surface area contributed by atoms with Gasteiger partial charge in [0, 0.05) is 5.56 Å². The van der Waals surface area contributed by atoms with Crippen molar-refractivity contribution in [3.05, 3.63) is 54.1 Å². The molecule has 6 rings (SSSR count). The number of ether oxygens (including phenoxy) is 1. The number of benzene rings is 2. The second-order valence-corrected chi connectivity index (χ2v) is 8.36. The van der Waals surface area contributed by atoms with Gasteiger partial charge >= 0.3 is 0 Å². The highest BCUT2D eigenvalue weighted by Crippen LogP contribution is 2.73. The second kappa shape index (κ2) is 5.31. The smallest absolute Gasteiger partial charge is 0.254 e. The van der Waals surface area contributed by atoms with Gasteiger partial charge in [0.2, 0.25) is 0 Å². The number of hydrazone groups is 1. The van der Waals surface area contributed by atoms with Gasteiger partial charge in [-0.15, -0.1) is 0 Å². The van der Waals surface area contributed by atoms with Gasteiger partial charge in [0.1, 0.15) is 5.75 Å². The van der Waals surface area contributed by atoms with Gasteiger partial charge in [0.15, 0.2) is 0 Å².